The third-order valence-corrected chi connectivity index (χ3v) is 4.95. The number of nitrogens with zero attached hydrogens (tertiary/aromatic N) is 2. The van der Waals surface area contributed by atoms with E-state index < -0.39 is 0 Å². The van der Waals surface area contributed by atoms with Gasteiger partial charge in [0.25, 0.3) is 0 Å². The van der Waals surface area contributed by atoms with Crippen LogP contribution in [0.5, 0.6) is 0 Å². The predicted molar refractivity (Wildman–Crippen MR) is 82.6 cm³/mol. The maximum absolute atomic E-state index is 12.0. The summed E-state index contributed by atoms with van der Waals surface area (Å²) >= 11 is 4.72. The third kappa shape index (κ3) is 4.12. The number of carbonyl (C=O) groups excluding carboxylic acids is 1. The highest BCUT2D eigenvalue weighted by Crippen LogP contribution is 2.31. The van der Waals surface area contributed by atoms with Gasteiger partial charge in [-0.05, 0) is 18.8 Å². The zero-order valence-electron chi connectivity index (χ0n) is 12.6. The van der Waals surface area contributed by atoms with Crippen LogP contribution in [0.4, 0.5) is 0 Å². The van der Waals surface area contributed by atoms with E-state index >= 15 is 0 Å². The van der Waals surface area contributed by atoms with Crippen LogP contribution >= 0.6 is 12.6 Å². The van der Waals surface area contributed by atoms with Gasteiger partial charge in [-0.25, -0.2) is 0 Å². The molecule has 4 heteroatoms. The molecule has 2 aliphatic rings. The van der Waals surface area contributed by atoms with Gasteiger partial charge in [-0.2, -0.15) is 12.6 Å². The van der Waals surface area contributed by atoms with Crippen molar-refractivity contribution in [1.29, 1.82) is 0 Å². The van der Waals surface area contributed by atoms with Crippen molar-refractivity contribution >= 4 is 18.5 Å². The second-order valence-electron chi connectivity index (χ2n) is 6.66. The topological polar surface area (TPSA) is 23.6 Å². The molecule has 2 fully saturated rings. The van der Waals surface area contributed by atoms with Crippen LogP contribution in [0.15, 0.2) is 0 Å². The summed E-state index contributed by atoms with van der Waals surface area (Å²) < 4.78 is 0.0791. The Bertz CT molecular complexity index is 315. The molecule has 1 aliphatic heterocycles. The zero-order chi connectivity index (χ0) is 14.0. The minimum Gasteiger partial charge on any atom is -0.340 e. The molecule has 3 nitrogen and oxygen atoms in total. The Balaban J connectivity index is 1.77. The summed E-state index contributed by atoms with van der Waals surface area (Å²) in [6.45, 7) is 11.7. The highest BCUT2D eigenvalue weighted by molar-refractivity contribution is 7.81. The molecule has 19 heavy (non-hydrogen) atoms. The largest absolute Gasteiger partial charge is 0.340 e. The molecule has 1 aliphatic carbocycles. The highest BCUT2D eigenvalue weighted by Gasteiger charge is 2.35. The Labute approximate surface area is 123 Å². The first-order chi connectivity index (χ1) is 8.91. The van der Waals surface area contributed by atoms with Crippen LogP contribution in [0, 0.1) is 11.8 Å². The van der Waals surface area contributed by atoms with Crippen molar-refractivity contribution in [2.24, 2.45) is 11.8 Å². The maximum atomic E-state index is 12.0. The van der Waals surface area contributed by atoms with Crippen molar-refractivity contribution < 1.29 is 4.79 Å². The average Bonchev–Trinajstić information content (AvgIpc) is 3.18. The Morgan fingerprint density at radius 2 is 1.84 bits per heavy atom. The molecule has 1 atom stereocenters. The summed E-state index contributed by atoms with van der Waals surface area (Å²) in [5.41, 5.74) is 0. The van der Waals surface area contributed by atoms with Crippen LogP contribution in [-0.4, -0.2) is 53.2 Å². The molecule has 110 valence electrons. The number of piperazine rings is 1. The minimum absolute atomic E-state index is 0.0791. The van der Waals surface area contributed by atoms with E-state index in [1.807, 2.05) is 0 Å². The minimum atomic E-state index is 0.0791. The molecule has 0 aromatic heterocycles. The maximum Gasteiger partial charge on any atom is 0.225 e. The van der Waals surface area contributed by atoms with Crippen molar-refractivity contribution in [2.75, 3.05) is 32.7 Å². The Morgan fingerprint density at radius 1 is 1.26 bits per heavy atom. The SMILES string of the molecule is CC[C@H](CN1CCN(C(=O)C2CC2)CC1)C(C)(C)S. The van der Waals surface area contributed by atoms with E-state index in [1.165, 1.54) is 0 Å². The van der Waals surface area contributed by atoms with E-state index in [-0.39, 0.29) is 4.75 Å². The predicted octanol–water partition coefficient (Wildman–Crippen LogP) is 2.28. The molecule has 1 amide bonds. The third-order valence-electron chi connectivity index (χ3n) is 4.58. The van der Waals surface area contributed by atoms with Crippen molar-refractivity contribution in [2.45, 2.75) is 44.8 Å². The van der Waals surface area contributed by atoms with Gasteiger partial charge in [0.1, 0.15) is 0 Å². The number of carbonyl (C=O) groups is 1. The fraction of sp³-hybridized carbons (Fsp3) is 0.933. The average molecular weight is 284 g/mol. The zero-order valence-corrected chi connectivity index (χ0v) is 13.5. The fourth-order valence-corrected chi connectivity index (χ4v) is 3.17. The summed E-state index contributed by atoms with van der Waals surface area (Å²) in [4.78, 5) is 16.6. The van der Waals surface area contributed by atoms with Gasteiger partial charge in [-0.1, -0.05) is 27.2 Å². The van der Waals surface area contributed by atoms with Gasteiger partial charge in [-0.3, -0.25) is 9.69 Å². The van der Waals surface area contributed by atoms with Crippen LogP contribution in [-0.2, 0) is 4.79 Å². The van der Waals surface area contributed by atoms with Crippen LogP contribution in [0.2, 0.25) is 0 Å². The molecule has 1 saturated carbocycles. The van der Waals surface area contributed by atoms with Crippen molar-refractivity contribution in [3.63, 3.8) is 0 Å². The van der Waals surface area contributed by atoms with Crippen molar-refractivity contribution in [3.8, 4) is 0 Å². The molecule has 0 radical (unpaired) electrons. The fourth-order valence-electron chi connectivity index (χ4n) is 2.90. The first-order valence-corrected chi connectivity index (χ1v) is 8.10. The Hall–Kier alpha value is -0.220. The summed E-state index contributed by atoms with van der Waals surface area (Å²) in [5.74, 6) is 1.38. The van der Waals surface area contributed by atoms with Crippen LogP contribution in [0.25, 0.3) is 0 Å². The lowest BCUT2D eigenvalue weighted by molar-refractivity contribution is -0.134. The van der Waals surface area contributed by atoms with Crippen LogP contribution in [0.3, 0.4) is 0 Å². The number of hydrogen-bond donors (Lipinski definition) is 1. The van der Waals surface area contributed by atoms with E-state index in [4.69, 9.17) is 12.6 Å². The number of hydrogen-bond acceptors (Lipinski definition) is 3. The number of amides is 1. The normalized spacial score (nSPS) is 23.5. The molecule has 2 rings (SSSR count). The lowest BCUT2D eigenvalue weighted by Gasteiger charge is -2.39. The van der Waals surface area contributed by atoms with Gasteiger partial charge in [0.15, 0.2) is 0 Å². The Morgan fingerprint density at radius 3 is 2.26 bits per heavy atom. The first kappa shape index (κ1) is 15.2. The van der Waals surface area contributed by atoms with Gasteiger partial charge >= 0.3 is 0 Å². The van der Waals surface area contributed by atoms with Gasteiger partial charge in [-0.15, -0.1) is 0 Å². The first-order valence-electron chi connectivity index (χ1n) is 7.65. The molecule has 0 unspecified atom stereocenters. The van der Waals surface area contributed by atoms with Gasteiger partial charge in [0.05, 0.1) is 0 Å². The Kier molecular flexibility index (Phi) is 4.83. The summed E-state index contributed by atoms with van der Waals surface area (Å²) in [6, 6.07) is 0. The lowest BCUT2D eigenvalue weighted by Crippen LogP contribution is -2.51. The summed E-state index contributed by atoms with van der Waals surface area (Å²) in [6.07, 6.45) is 3.40. The molecular formula is C15H28N2OS. The van der Waals surface area contributed by atoms with Crippen LogP contribution < -0.4 is 0 Å². The van der Waals surface area contributed by atoms with Gasteiger partial charge < -0.3 is 4.90 Å². The standard InChI is InChI=1S/C15H28N2OS/c1-4-13(15(2,3)19)11-16-7-9-17(10-8-16)14(18)12-5-6-12/h12-13,19H,4-11H2,1-3H3/t13-/m1/s1. The van der Waals surface area contributed by atoms with Gasteiger partial charge in [0.2, 0.25) is 5.91 Å². The molecule has 1 heterocycles. The summed E-state index contributed by atoms with van der Waals surface area (Å²) in [5, 5.41) is 0. The lowest BCUT2D eigenvalue weighted by atomic mass is 9.91. The van der Waals surface area contributed by atoms with Crippen LogP contribution in [0.1, 0.15) is 40.0 Å². The monoisotopic (exact) mass is 284 g/mol. The summed E-state index contributed by atoms with van der Waals surface area (Å²) in [7, 11) is 0. The molecule has 0 N–H and O–H groups in total. The number of thiol groups is 1. The van der Waals surface area contributed by atoms with E-state index in [2.05, 4.69) is 30.6 Å². The molecule has 1 saturated heterocycles. The number of rotatable bonds is 5. The second-order valence-corrected chi connectivity index (χ2v) is 7.81. The highest BCUT2D eigenvalue weighted by atomic mass is 32.1. The quantitative estimate of drug-likeness (QED) is 0.783. The molecule has 0 aromatic carbocycles. The second kappa shape index (κ2) is 6.04. The smallest absolute Gasteiger partial charge is 0.225 e. The van der Waals surface area contributed by atoms with E-state index in [1.54, 1.807) is 0 Å². The molecule has 0 bridgehead atoms. The van der Waals surface area contributed by atoms with E-state index in [0.717, 1.165) is 52.0 Å². The molecule has 0 aromatic rings. The van der Waals surface area contributed by atoms with Crippen molar-refractivity contribution in [1.82, 2.24) is 9.80 Å². The van der Waals surface area contributed by atoms with Gasteiger partial charge in [0, 0.05) is 43.4 Å². The van der Waals surface area contributed by atoms with Crippen molar-refractivity contribution in [3.05, 3.63) is 0 Å². The van der Waals surface area contributed by atoms with E-state index in [9.17, 15) is 4.79 Å². The van der Waals surface area contributed by atoms with E-state index in [0.29, 0.717) is 17.7 Å². The molecule has 0 spiro atoms. The molecular weight excluding hydrogens is 256 g/mol.